The molecule has 0 atom stereocenters. The molecule has 0 bridgehead atoms. The number of benzene rings is 3. The fraction of sp³-hybridized carbons (Fsp3) is 0.310. The third-order valence-corrected chi connectivity index (χ3v) is 6.56. The van der Waals surface area contributed by atoms with E-state index >= 15 is 0 Å². The number of nitrogens with zero attached hydrogens (tertiary/aromatic N) is 2. The summed E-state index contributed by atoms with van der Waals surface area (Å²) in [5.41, 5.74) is 2.70. The first-order valence-corrected chi connectivity index (χ1v) is 12.4. The minimum Gasteiger partial charge on any atom is -0.497 e. The van der Waals surface area contributed by atoms with Gasteiger partial charge in [0.1, 0.15) is 30.4 Å². The number of likely N-dealkylation sites (tertiary alicyclic amines) is 1. The Bertz CT molecular complexity index is 1250. The number of ether oxygens (including phenoxy) is 4. The molecule has 37 heavy (non-hydrogen) atoms. The average Bonchev–Trinajstić information content (AvgIpc) is 2.91. The molecular formula is C29H31ClN2O5. The Morgan fingerprint density at radius 3 is 1.92 bits per heavy atom. The van der Waals surface area contributed by atoms with Crippen LogP contribution in [0, 0.1) is 5.92 Å². The van der Waals surface area contributed by atoms with Crippen LogP contribution >= 0.6 is 11.6 Å². The Morgan fingerprint density at radius 2 is 1.43 bits per heavy atom. The van der Waals surface area contributed by atoms with Gasteiger partial charge < -0.3 is 23.8 Å². The summed E-state index contributed by atoms with van der Waals surface area (Å²) in [5.74, 6) is 2.69. The van der Waals surface area contributed by atoms with Crippen molar-refractivity contribution in [2.24, 2.45) is 10.9 Å². The van der Waals surface area contributed by atoms with Gasteiger partial charge in [0.2, 0.25) is 0 Å². The lowest BCUT2D eigenvalue weighted by atomic mass is 10.00. The molecule has 1 saturated heterocycles. The number of aliphatic imine (C=N–C) groups is 1. The smallest absolute Gasteiger partial charge is 0.272 e. The van der Waals surface area contributed by atoms with Crippen molar-refractivity contribution in [2.45, 2.75) is 20.1 Å². The highest BCUT2D eigenvalue weighted by atomic mass is 35.5. The van der Waals surface area contributed by atoms with Crippen LogP contribution in [0.2, 0.25) is 5.02 Å². The SMILES string of the molecule is CN=C(C(=O)N1CC(C)C1)c1ccc(OCc2ccc(OC)cc2)c(OCc2ccc(OC)cc2)c1Cl. The number of rotatable bonds is 10. The summed E-state index contributed by atoms with van der Waals surface area (Å²) in [4.78, 5) is 19.2. The minimum absolute atomic E-state index is 0.143. The molecule has 0 aromatic heterocycles. The molecular weight excluding hydrogens is 492 g/mol. The number of halogens is 1. The second-order valence-corrected chi connectivity index (χ2v) is 9.29. The molecule has 1 aliphatic heterocycles. The standard InChI is InChI=1S/C29H31ClN2O5/c1-19-15-32(16-19)29(33)27(31-2)24-13-14-25(36-17-20-5-9-22(34-3)10-6-20)28(26(24)30)37-18-21-7-11-23(35-4)12-8-21/h5-14,19H,15-18H2,1-4H3. The van der Waals surface area contributed by atoms with Crippen LogP contribution < -0.4 is 18.9 Å². The van der Waals surface area contributed by atoms with E-state index in [9.17, 15) is 4.79 Å². The quantitative estimate of drug-likeness (QED) is 0.333. The first-order chi connectivity index (χ1) is 17.9. The van der Waals surface area contributed by atoms with Gasteiger partial charge in [-0.25, -0.2) is 0 Å². The summed E-state index contributed by atoms with van der Waals surface area (Å²) in [6.07, 6.45) is 0. The molecule has 0 saturated carbocycles. The van der Waals surface area contributed by atoms with E-state index in [1.807, 2.05) is 48.5 Å². The normalized spacial score (nSPS) is 13.6. The predicted octanol–water partition coefficient (Wildman–Crippen LogP) is 5.41. The van der Waals surface area contributed by atoms with Gasteiger partial charge in [-0.1, -0.05) is 42.8 Å². The molecule has 1 amide bonds. The molecule has 4 rings (SSSR count). The van der Waals surface area contributed by atoms with E-state index in [1.54, 1.807) is 38.3 Å². The van der Waals surface area contributed by atoms with Crippen LogP contribution in [0.4, 0.5) is 0 Å². The molecule has 1 fully saturated rings. The van der Waals surface area contributed by atoms with Crippen molar-refractivity contribution in [3.05, 3.63) is 82.4 Å². The lowest BCUT2D eigenvalue weighted by Crippen LogP contribution is -2.51. The van der Waals surface area contributed by atoms with Crippen LogP contribution in [0.5, 0.6) is 23.0 Å². The second-order valence-electron chi connectivity index (χ2n) is 8.92. The molecule has 0 N–H and O–H groups in total. The van der Waals surface area contributed by atoms with E-state index in [0.717, 1.165) is 22.6 Å². The highest BCUT2D eigenvalue weighted by Gasteiger charge is 2.32. The molecule has 3 aromatic carbocycles. The number of carbonyl (C=O) groups is 1. The van der Waals surface area contributed by atoms with Crippen molar-refractivity contribution in [3.8, 4) is 23.0 Å². The van der Waals surface area contributed by atoms with E-state index in [4.69, 9.17) is 30.5 Å². The molecule has 1 heterocycles. The highest BCUT2D eigenvalue weighted by molar-refractivity contribution is 6.49. The van der Waals surface area contributed by atoms with Crippen molar-refractivity contribution >= 4 is 23.2 Å². The number of hydrogen-bond acceptors (Lipinski definition) is 6. The van der Waals surface area contributed by atoms with Crippen LogP contribution in [-0.2, 0) is 18.0 Å². The first-order valence-electron chi connectivity index (χ1n) is 12.0. The fourth-order valence-corrected chi connectivity index (χ4v) is 4.38. The van der Waals surface area contributed by atoms with Crippen molar-refractivity contribution in [3.63, 3.8) is 0 Å². The maximum Gasteiger partial charge on any atom is 0.272 e. The number of methoxy groups -OCH3 is 2. The molecule has 0 unspecified atom stereocenters. The number of amides is 1. The van der Waals surface area contributed by atoms with Gasteiger partial charge in [-0.2, -0.15) is 0 Å². The Balaban J connectivity index is 1.61. The number of hydrogen-bond donors (Lipinski definition) is 0. The summed E-state index contributed by atoms with van der Waals surface area (Å²) in [7, 11) is 4.85. The van der Waals surface area contributed by atoms with Gasteiger partial charge in [0.15, 0.2) is 11.5 Å². The minimum atomic E-state index is -0.143. The van der Waals surface area contributed by atoms with Crippen LogP contribution in [0.25, 0.3) is 0 Å². The van der Waals surface area contributed by atoms with Crippen molar-refractivity contribution in [2.75, 3.05) is 34.4 Å². The molecule has 3 aromatic rings. The van der Waals surface area contributed by atoms with Crippen molar-refractivity contribution in [1.82, 2.24) is 4.90 Å². The summed E-state index contributed by atoms with van der Waals surface area (Å²) in [5, 5.41) is 0.281. The molecule has 194 valence electrons. The van der Waals surface area contributed by atoms with Crippen molar-refractivity contribution in [1.29, 1.82) is 0 Å². The molecule has 0 spiro atoms. The van der Waals surface area contributed by atoms with Crippen molar-refractivity contribution < 1.29 is 23.7 Å². The lowest BCUT2D eigenvalue weighted by molar-refractivity contribution is -0.129. The largest absolute Gasteiger partial charge is 0.497 e. The maximum absolute atomic E-state index is 13.1. The van der Waals surface area contributed by atoms with Gasteiger partial charge in [0, 0.05) is 25.7 Å². The van der Waals surface area contributed by atoms with Crippen LogP contribution in [0.15, 0.2) is 65.7 Å². The molecule has 0 aliphatic carbocycles. The molecule has 1 aliphatic rings. The third-order valence-electron chi connectivity index (χ3n) is 6.19. The summed E-state index contributed by atoms with van der Waals surface area (Å²) in [6, 6.07) is 18.7. The maximum atomic E-state index is 13.1. The summed E-state index contributed by atoms with van der Waals surface area (Å²) >= 11 is 6.87. The Kier molecular flexibility index (Phi) is 8.56. The van der Waals surface area contributed by atoms with Gasteiger partial charge >= 0.3 is 0 Å². The predicted molar refractivity (Wildman–Crippen MR) is 144 cm³/mol. The highest BCUT2D eigenvalue weighted by Crippen LogP contribution is 2.39. The van der Waals surface area contributed by atoms with Crippen LogP contribution in [-0.4, -0.2) is 50.9 Å². The molecule has 7 nitrogen and oxygen atoms in total. The van der Waals surface area contributed by atoms with E-state index in [2.05, 4.69) is 11.9 Å². The van der Waals surface area contributed by atoms with E-state index < -0.39 is 0 Å². The average molecular weight is 523 g/mol. The van der Waals surface area contributed by atoms with E-state index in [1.165, 1.54) is 0 Å². The third kappa shape index (κ3) is 6.17. The first kappa shape index (κ1) is 26.4. The zero-order chi connectivity index (χ0) is 26.4. The Morgan fingerprint density at radius 1 is 0.892 bits per heavy atom. The van der Waals surface area contributed by atoms with E-state index in [-0.39, 0.29) is 17.5 Å². The zero-order valence-electron chi connectivity index (χ0n) is 21.5. The van der Waals surface area contributed by atoms with Gasteiger partial charge in [-0.3, -0.25) is 9.79 Å². The molecule has 8 heteroatoms. The van der Waals surface area contributed by atoms with E-state index in [0.29, 0.717) is 48.4 Å². The fourth-order valence-electron chi connectivity index (χ4n) is 4.08. The van der Waals surface area contributed by atoms with Crippen LogP contribution in [0.1, 0.15) is 23.6 Å². The summed E-state index contributed by atoms with van der Waals surface area (Å²) < 4.78 is 22.8. The Labute approximate surface area is 222 Å². The lowest BCUT2D eigenvalue weighted by Gasteiger charge is -2.37. The summed E-state index contributed by atoms with van der Waals surface area (Å²) in [6.45, 7) is 4.08. The van der Waals surface area contributed by atoms with Gasteiger partial charge in [0.25, 0.3) is 5.91 Å². The van der Waals surface area contributed by atoms with Gasteiger partial charge in [-0.05, 0) is 53.4 Å². The monoisotopic (exact) mass is 522 g/mol. The number of carbonyl (C=O) groups excluding carboxylic acids is 1. The van der Waals surface area contributed by atoms with Gasteiger partial charge in [-0.15, -0.1) is 0 Å². The Hall–Kier alpha value is -3.71. The zero-order valence-corrected chi connectivity index (χ0v) is 22.2. The molecule has 0 radical (unpaired) electrons. The van der Waals surface area contributed by atoms with Gasteiger partial charge in [0.05, 0.1) is 19.2 Å². The topological polar surface area (TPSA) is 69.6 Å². The second kappa shape index (κ2) is 12.0. The van der Waals surface area contributed by atoms with Crippen LogP contribution in [0.3, 0.4) is 0 Å².